The maximum atomic E-state index is 10.8. The highest BCUT2D eigenvalue weighted by Crippen LogP contribution is 2.26. The lowest BCUT2D eigenvalue weighted by atomic mass is 10.2. The Morgan fingerprint density at radius 3 is 2.63 bits per heavy atom. The highest BCUT2D eigenvalue weighted by Gasteiger charge is 2.08. The Bertz CT molecular complexity index is 644. The van der Waals surface area contributed by atoms with Crippen LogP contribution in [0.25, 0.3) is 0 Å². The molecule has 0 amide bonds. The number of halogens is 1. The normalized spacial score (nSPS) is 10.3. The molecule has 0 atom stereocenters. The number of aryl methyl sites for hydroxylation is 2. The van der Waals surface area contributed by atoms with Crippen LogP contribution < -0.4 is 5.32 Å². The summed E-state index contributed by atoms with van der Waals surface area (Å²) in [6.07, 6.45) is 1.64. The monoisotopic (exact) mass is 321 g/mol. The van der Waals surface area contributed by atoms with E-state index >= 15 is 0 Å². The summed E-state index contributed by atoms with van der Waals surface area (Å²) in [6.45, 7) is 3.78. The average Bonchev–Trinajstić information content (AvgIpc) is 2.36. The van der Waals surface area contributed by atoms with E-state index < -0.39 is 5.97 Å². The quantitative estimate of drug-likeness (QED) is 0.907. The van der Waals surface area contributed by atoms with Crippen molar-refractivity contribution in [2.75, 3.05) is 5.32 Å². The van der Waals surface area contributed by atoms with Crippen molar-refractivity contribution < 1.29 is 9.90 Å². The van der Waals surface area contributed by atoms with E-state index in [0.717, 1.165) is 17.1 Å². The largest absolute Gasteiger partial charge is 0.478 e. The Morgan fingerprint density at radius 1 is 1.32 bits per heavy atom. The number of carbonyl (C=O) groups is 1. The van der Waals surface area contributed by atoms with Gasteiger partial charge in [-0.05, 0) is 48.0 Å². The highest BCUT2D eigenvalue weighted by atomic mass is 79.9. The molecule has 0 unspecified atom stereocenters. The van der Waals surface area contributed by atoms with Gasteiger partial charge in [-0.25, -0.2) is 9.78 Å². The standard InChI is InChI=1S/C13H12BrN3O2/c1-7-8(2)16-12(6-15-7)17-11-4-3-9(13(18)19)5-10(11)14/h3-6H,1-2H3,(H,16,17)(H,18,19). The van der Waals surface area contributed by atoms with E-state index in [9.17, 15) is 4.79 Å². The van der Waals surface area contributed by atoms with Crippen molar-refractivity contribution >= 4 is 33.4 Å². The Hall–Kier alpha value is -1.95. The number of aromatic nitrogens is 2. The molecular weight excluding hydrogens is 310 g/mol. The van der Waals surface area contributed by atoms with E-state index in [0.29, 0.717) is 10.3 Å². The Balaban J connectivity index is 2.28. The van der Waals surface area contributed by atoms with Crippen LogP contribution in [-0.2, 0) is 0 Å². The fourth-order valence-electron chi connectivity index (χ4n) is 1.49. The third-order valence-electron chi connectivity index (χ3n) is 2.67. The van der Waals surface area contributed by atoms with Crippen molar-refractivity contribution in [3.63, 3.8) is 0 Å². The molecule has 0 aliphatic rings. The number of hydrogen-bond donors (Lipinski definition) is 2. The first-order chi connectivity index (χ1) is 8.97. The van der Waals surface area contributed by atoms with Gasteiger partial charge in [0.05, 0.1) is 28.8 Å². The van der Waals surface area contributed by atoms with Gasteiger partial charge in [-0.15, -0.1) is 0 Å². The van der Waals surface area contributed by atoms with E-state index in [1.165, 1.54) is 6.07 Å². The average molecular weight is 322 g/mol. The summed E-state index contributed by atoms with van der Waals surface area (Å²) in [6, 6.07) is 4.76. The molecule has 98 valence electrons. The second-order valence-corrected chi connectivity index (χ2v) is 4.91. The summed E-state index contributed by atoms with van der Waals surface area (Å²) in [5, 5.41) is 12.0. The van der Waals surface area contributed by atoms with Crippen LogP contribution in [0.4, 0.5) is 11.5 Å². The van der Waals surface area contributed by atoms with Gasteiger partial charge in [-0.3, -0.25) is 4.98 Å². The molecular formula is C13H12BrN3O2. The minimum Gasteiger partial charge on any atom is -0.478 e. The minimum absolute atomic E-state index is 0.226. The zero-order valence-electron chi connectivity index (χ0n) is 10.4. The third-order valence-corrected chi connectivity index (χ3v) is 3.33. The van der Waals surface area contributed by atoms with Gasteiger partial charge in [0, 0.05) is 4.47 Å². The van der Waals surface area contributed by atoms with Crippen LogP contribution in [0.15, 0.2) is 28.9 Å². The number of nitrogens with zero attached hydrogens (tertiary/aromatic N) is 2. The molecule has 5 nitrogen and oxygen atoms in total. The van der Waals surface area contributed by atoms with Gasteiger partial charge in [-0.1, -0.05) is 0 Å². The molecule has 2 N–H and O–H groups in total. The molecule has 2 rings (SSSR count). The molecule has 1 aromatic heterocycles. The second-order valence-electron chi connectivity index (χ2n) is 4.05. The van der Waals surface area contributed by atoms with E-state index in [2.05, 4.69) is 31.2 Å². The minimum atomic E-state index is -0.960. The fourth-order valence-corrected chi connectivity index (χ4v) is 1.97. The molecule has 0 aliphatic heterocycles. The third kappa shape index (κ3) is 3.08. The van der Waals surface area contributed by atoms with Crippen molar-refractivity contribution in [2.45, 2.75) is 13.8 Å². The molecule has 0 aliphatic carbocycles. The van der Waals surface area contributed by atoms with Gasteiger partial charge in [0.1, 0.15) is 5.82 Å². The van der Waals surface area contributed by atoms with Crippen LogP contribution in [0.3, 0.4) is 0 Å². The van der Waals surface area contributed by atoms with Gasteiger partial charge >= 0.3 is 5.97 Å². The number of nitrogens with one attached hydrogen (secondary N) is 1. The SMILES string of the molecule is Cc1ncc(Nc2ccc(C(=O)O)cc2Br)nc1C. The topological polar surface area (TPSA) is 75.1 Å². The maximum absolute atomic E-state index is 10.8. The first kappa shape index (κ1) is 13.5. The Morgan fingerprint density at radius 2 is 2.05 bits per heavy atom. The number of hydrogen-bond acceptors (Lipinski definition) is 4. The number of carboxylic acids is 1. The predicted octanol–water partition coefficient (Wildman–Crippen LogP) is 3.30. The number of benzene rings is 1. The van der Waals surface area contributed by atoms with Crippen LogP contribution in [0.2, 0.25) is 0 Å². The summed E-state index contributed by atoms with van der Waals surface area (Å²) in [7, 11) is 0. The lowest BCUT2D eigenvalue weighted by molar-refractivity contribution is 0.0697. The number of aromatic carboxylic acids is 1. The van der Waals surface area contributed by atoms with Crippen LogP contribution in [0, 0.1) is 13.8 Å². The summed E-state index contributed by atoms with van der Waals surface area (Å²) < 4.78 is 0.660. The molecule has 0 saturated carbocycles. The van der Waals surface area contributed by atoms with Gasteiger partial charge in [-0.2, -0.15) is 0 Å². The van der Waals surface area contributed by atoms with E-state index in [4.69, 9.17) is 5.11 Å². The van der Waals surface area contributed by atoms with Crippen molar-refractivity contribution in [3.8, 4) is 0 Å². The number of anilines is 2. The molecule has 1 aromatic carbocycles. The lowest BCUT2D eigenvalue weighted by Crippen LogP contribution is -2.01. The highest BCUT2D eigenvalue weighted by molar-refractivity contribution is 9.10. The molecule has 0 spiro atoms. The zero-order chi connectivity index (χ0) is 14.0. The lowest BCUT2D eigenvalue weighted by Gasteiger charge is -2.09. The van der Waals surface area contributed by atoms with Gasteiger partial charge in [0.25, 0.3) is 0 Å². The summed E-state index contributed by atoms with van der Waals surface area (Å²) in [5.41, 5.74) is 2.69. The summed E-state index contributed by atoms with van der Waals surface area (Å²) in [5.74, 6) is -0.343. The molecule has 6 heteroatoms. The Kier molecular flexibility index (Phi) is 3.80. The van der Waals surface area contributed by atoms with Gasteiger partial charge in [0.2, 0.25) is 0 Å². The first-order valence-electron chi connectivity index (χ1n) is 5.57. The molecule has 19 heavy (non-hydrogen) atoms. The molecule has 0 fully saturated rings. The first-order valence-corrected chi connectivity index (χ1v) is 6.37. The maximum Gasteiger partial charge on any atom is 0.335 e. The van der Waals surface area contributed by atoms with Crippen LogP contribution in [0.5, 0.6) is 0 Å². The number of carboxylic acid groups (broad SMARTS) is 1. The zero-order valence-corrected chi connectivity index (χ0v) is 12.0. The van der Waals surface area contributed by atoms with E-state index in [1.807, 2.05) is 13.8 Å². The fraction of sp³-hybridized carbons (Fsp3) is 0.154. The molecule has 2 aromatic rings. The van der Waals surface area contributed by atoms with E-state index in [1.54, 1.807) is 18.3 Å². The van der Waals surface area contributed by atoms with Crippen LogP contribution in [-0.4, -0.2) is 21.0 Å². The van der Waals surface area contributed by atoms with Crippen molar-refractivity contribution in [2.24, 2.45) is 0 Å². The smallest absolute Gasteiger partial charge is 0.335 e. The predicted molar refractivity (Wildman–Crippen MR) is 75.9 cm³/mol. The molecule has 1 heterocycles. The van der Waals surface area contributed by atoms with Crippen molar-refractivity contribution in [1.29, 1.82) is 0 Å². The van der Waals surface area contributed by atoms with Crippen molar-refractivity contribution in [1.82, 2.24) is 9.97 Å². The molecule has 0 radical (unpaired) electrons. The second kappa shape index (κ2) is 5.36. The van der Waals surface area contributed by atoms with Gasteiger partial charge in [0.15, 0.2) is 0 Å². The number of rotatable bonds is 3. The summed E-state index contributed by atoms with van der Waals surface area (Å²) in [4.78, 5) is 19.4. The van der Waals surface area contributed by atoms with Gasteiger partial charge < -0.3 is 10.4 Å². The molecule has 0 saturated heterocycles. The van der Waals surface area contributed by atoms with E-state index in [-0.39, 0.29) is 5.56 Å². The summed E-state index contributed by atoms with van der Waals surface area (Å²) >= 11 is 3.33. The Labute approximate surface area is 118 Å². The van der Waals surface area contributed by atoms with Crippen LogP contribution >= 0.6 is 15.9 Å². The van der Waals surface area contributed by atoms with Crippen molar-refractivity contribution in [3.05, 3.63) is 45.8 Å². The molecule has 0 bridgehead atoms. The van der Waals surface area contributed by atoms with Crippen LogP contribution in [0.1, 0.15) is 21.7 Å².